The number of amides is 1. The van der Waals surface area contributed by atoms with Crippen molar-refractivity contribution >= 4 is 5.91 Å². The van der Waals surface area contributed by atoms with Crippen LogP contribution in [0.15, 0.2) is 0 Å². The minimum absolute atomic E-state index is 0.0176. The van der Waals surface area contributed by atoms with E-state index in [-0.39, 0.29) is 18.6 Å². The van der Waals surface area contributed by atoms with Gasteiger partial charge in [-0.3, -0.25) is 4.79 Å². The van der Waals surface area contributed by atoms with Crippen molar-refractivity contribution in [2.24, 2.45) is 5.92 Å². The fraction of sp³-hybridized carbons (Fsp3) is 0.917. The van der Waals surface area contributed by atoms with Gasteiger partial charge in [0.1, 0.15) is 0 Å². The highest BCUT2D eigenvalue weighted by molar-refractivity contribution is 5.81. The van der Waals surface area contributed by atoms with Crippen LogP contribution in [-0.4, -0.2) is 36.8 Å². The molecule has 2 atom stereocenters. The highest BCUT2D eigenvalue weighted by atomic mass is 16.3. The molecule has 1 amide bonds. The standard InChI is InChI=1S/C12H24N2O2/c1-10(9-15)5-4-8-14-12(16)11-6-2-3-7-13-11/h10-11,13,15H,2-9H2,1H3,(H,14,16)/t10?,11-/m1/s1. The lowest BCUT2D eigenvalue weighted by molar-refractivity contribution is -0.123. The smallest absolute Gasteiger partial charge is 0.237 e. The van der Waals surface area contributed by atoms with Crippen LogP contribution in [0.1, 0.15) is 39.0 Å². The molecule has 3 N–H and O–H groups in total. The minimum atomic E-state index is 0.0176. The van der Waals surface area contributed by atoms with Gasteiger partial charge in [-0.15, -0.1) is 0 Å². The lowest BCUT2D eigenvalue weighted by Gasteiger charge is -2.22. The van der Waals surface area contributed by atoms with Crippen LogP contribution in [-0.2, 0) is 4.79 Å². The largest absolute Gasteiger partial charge is 0.396 e. The van der Waals surface area contributed by atoms with Crippen LogP contribution in [0, 0.1) is 5.92 Å². The topological polar surface area (TPSA) is 61.4 Å². The van der Waals surface area contributed by atoms with Crippen molar-refractivity contribution in [3.63, 3.8) is 0 Å². The molecule has 0 aromatic rings. The highest BCUT2D eigenvalue weighted by Crippen LogP contribution is 2.07. The van der Waals surface area contributed by atoms with E-state index in [1.54, 1.807) is 0 Å². The van der Waals surface area contributed by atoms with E-state index in [4.69, 9.17) is 5.11 Å². The van der Waals surface area contributed by atoms with Crippen molar-refractivity contribution in [3.8, 4) is 0 Å². The van der Waals surface area contributed by atoms with Crippen molar-refractivity contribution < 1.29 is 9.90 Å². The van der Waals surface area contributed by atoms with Gasteiger partial charge in [0, 0.05) is 13.2 Å². The number of carbonyl (C=O) groups excluding carboxylic acids is 1. The molecule has 4 heteroatoms. The first kappa shape index (κ1) is 13.5. The van der Waals surface area contributed by atoms with E-state index in [2.05, 4.69) is 10.6 Å². The summed E-state index contributed by atoms with van der Waals surface area (Å²) in [4.78, 5) is 11.7. The summed E-state index contributed by atoms with van der Waals surface area (Å²) in [7, 11) is 0. The summed E-state index contributed by atoms with van der Waals surface area (Å²) in [5, 5.41) is 15.0. The van der Waals surface area contributed by atoms with Gasteiger partial charge in [0.05, 0.1) is 6.04 Å². The predicted octanol–water partition coefficient (Wildman–Crippen LogP) is 0.653. The van der Waals surface area contributed by atoms with Gasteiger partial charge in [-0.1, -0.05) is 13.3 Å². The zero-order valence-corrected chi connectivity index (χ0v) is 10.2. The fourth-order valence-electron chi connectivity index (χ4n) is 1.95. The molecule has 0 bridgehead atoms. The number of rotatable bonds is 6. The van der Waals surface area contributed by atoms with Crippen LogP contribution >= 0.6 is 0 Å². The Kier molecular flexibility index (Phi) is 6.42. The predicted molar refractivity (Wildman–Crippen MR) is 64.1 cm³/mol. The second-order valence-corrected chi connectivity index (χ2v) is 4.72. The van der Waals surface area contributed by atoms with Crippen LogP contribution in [0.2, 0.25) is 0 Å². The third kappa shape index (κ3) is 4.94. The summed E-state index contributed by atoms with van der Waals surface area (Å²) >= 11 is 0. The Bertz CT molecular complexity index is 203. The summed E-state index contributed by atoms with van der Waals surface area (Å²) < 4.78 is 0. The molecular formula is C12H24N2O2. The number of nitrogens with one attached hydrogen (secondary N) is 2. The second-order valence-electron chi connectivity index (χ2n) is 4.72. The van der Waals surface area contributed by atoms with Gasteiger partial charge >= 0.3 is 0 Å². The van der Waals surface area contributed by atoms with E-state index in [0.29, 0.717) is 5.92 Å². The quantitative estimate of drug-likeness (QED) is 0.585. The number of carbonyl (C=O) groups is 1. The maximum Gasteiger partial charge on any atom is 0.237 e. The Labute approximate surface area is 97.8 Å². The van der Waals surface area contributed by atoms with E-state index in [1.165, 1.54) is 6.42 Å². The molecule has 0 radical (unpaired) electrons. The second kappa shape index (κ2) is 7.63. The molecule has 1 rings (SSSR count). The van der Waals surface area contributed by atoms with E-state index >= 15 is 0 Å². The normalized spacial score (nSPS) is 22.8. The van der Waals surface area contributed by atoms with E-state index in [9.17, 15) is 4.79 Å². The summed E-state index contributed by atoms with van der Waals surface area (Å²) in [5.74, 6) is 0.473. The lowest BCUT2D eigenvalue weighted by atomic mass is 10.0. The van der Waals surface area contributed by atoms with Crippen LogP contribution in [0.3, 0.4) is 0 Å². The van der Waals surface area contributed by atoms with E-state index < -0.39 is 0 Å². The van der Waals surface area contributed by atoms with E-state index in [0.717, 1.165) is 38.8 Å². The summed E-state index contributed by atoms with van der Waals surface area (Å²) in [5.41, 5.74) is 0. The molecule has 1 saturated heterocycles. The molecule has 0 aromatic carbocycles. The highest BCUT2D eigenvalue weighted by Gasteiger charge is 2.19. The number of piperidine rings is 1. The lowest BCUT2D eigenvalue weighted by Crippen LogP contribution is -2.46. The van der Waals surface area contributed by atoms with Gasteiger partial charge in [-0.25, -0.2) is 0 Å². The molecule has 1 fully saturated rings. The maximum absolute atomic E-state index is 11.7. The molecular weight excluding hydrogens is 204 g/mol. The average molecular weight is 228 g/mol. The van der Waals surface area contributed by atoms with Gasteiger partial charge in [0.25, 0.3) is 0 Å². The Morgan fingerprint density at radius 1 is 1.56 bits per heavy atom. The third-order valence-corrected chi connectivity index (χ3v) is 3.11. The third-order valence-electron chi connectivity index (χ3n) is 3.11. The Balaban J connectivity index is 2.05. The van der Waals surface area contributed by atoms with Crippen molar-refractivity contribution in [1.82, 2.24) is 10.6 Å². The monoisotopic (exact) mass is 228 g/mol. The summed E-state index contributed by atoms with van der Waals surface area (Å²) in [6, 6.07) is 0.0176. The molecule has 0 saturated carbocycles. The molecule has 4 nitrogen and oxygen atoms in total. The Hall–Kier alpha value is -0.610. The fourth-order valence-corrected chi connectivity index (χ4v) is 1.95. The Morgan fingerprint density at radius 2 is 2.38 bits per heavy atom. The first-order valence-corrected chi connectivity index (χ1v) is 6.36. The molecule has 1 heterocycles. The van der Waals surface area contributed by atoms with Crippen LogP contribution in [0.4, 0.5) is 0 Å². The molecule has 16 heavy (non-hydrogen) atoms. The van der Waals surface area contributed by atoms with Gasteiger partial charge < -0.3 is 15.7 Å². The van der Waals surface area contributed by atoms with Crippen molar-refractivity contribution in [1.29, 1.82) is 0 Å². The molecule has 0 aliphatic carbocycles. The first-order valence-electron chi connectivity index (χ1n) is 6.36. The SMILES string of the molecule is CC(CO)CCCNC(=O)[C@H]1CCCCN1. The summed E-state index contributed by atoms with van der Waals surface area (Å²) in [6.07, 6.45) is 5.19. The van der Waals surface area contributed by atoms with Gasteiger partial charge in [-0.2, -0.15) is 0 Å². The van der Waals surface area contributed by atoms with E-state index in [1.807, 2.05) is 6.92 Å². The maximum atomic E-state index is 11.7. The zero-order valence-electron chi connectivity index (χ0n) is 10.2. The van der Waals surface area contributed by atoms with Gasteiger partial charge in [0.15, 0.2) is 0 Å². The van der Waals surface area contributed by atoms with Crippen molar-refractivity contribution in [2.45, 2.75) is 45.1 Å². The average Bonchev–Trinajstić information content (AvgIpc) is 2.35. The number of hydrogen-bond acceptors (Lipinski definition) is 3. The molecule has 0 spiro atoms. The minimum Gasteiger partial charge on any atom is -0.396 e. The number of aliphatic hydroxyl groups is 1. The van der Waals surface area contributed by atoms with Crippen LogP contribution in [0.5, 0.6) is 0 Å². The molecule has 0 aromatic heterocycles. The Morgan fingerprint density at radius 3 is 3.00 bits per heavy atom. The molecule has 1 aliphatic rings. The molecule has 1 aliphatic heterocycles. The van der Waals surface area contributed by atoms with Gasteiger partial charge in [-0.05, 0) is 38.1 Å². The molecule has 1 unspecified atom stereocenters. The number of aliphatic hydroxyl groups excluding tert-OH is 1. The van der Waals surface area contributed by atoms with Crippen molar-refractivity contribution in [2.75, 3.05) is 19.7 Å². The zero-order chi connectivity index (χ0) is 11.8. The van der Waals surface area contributed by atoms with Crippen molar-refractivity contribution in [3.05, 3.63) is 0 Å². The van der Waals surface area contributed by atoms with Crippen LogP contribution in [0.25, 0.3) is 0 Å². The molecule has 94 valence electrons. The van der Waals surface area contributed by atoms with Crippen LogP contribution < -0.4 is 10.6 Å². The number of hydrogen-bond donors (Lipinski definition) is 3. The first-order chi connectivity index (χ1) is 7.74. The van der Waals surface area contributed by atoms with Gasteiger partial charge in [0.2, 0.25) is 5.91 Å². The summed E-state index contributed by atoms with van der Waals surface area (Å²) in [6.45, 7) is 3.93.